The third kappa shape index (κ3) is 4.94. The van der Waals surface area contributed by atoms with E-state index in [1.807, 2.05) is 0 Å². The van der Waals surface area contributed by atoms with Crippen molar-refractivity contribution in [2.24, 2.45) is 17.1 Å². The van der Waals surface area contributed by atoms with E-state index >= 15 is 0 Å². The number of esters is 1. The molecule has 0 aromatic rings. The third-order valence-corrected chi connectivity index (χ3v) is 3.92. The molecule has 0 aliphatic carbocycles. The van der Waals surface area contributed by atoms with Crippen LogP contribution in [0.5, 0.6) is 0 Å². The Morgan fingerprint density at radius 2 is 2.22 bits per heavy atom. The van der Waals surface area contributed by atoms with Gasteiger partial charge in [-0.3, -0.25) is 4.79 Å². The van der Waals surface area contributed by atoms with Crippen LogP contribution in [0.4, 0.5) is 0 Å². The largest absolute Gasteiger partial charge is 0.469 e. The van der Waals surface area contributed by atoms with Crippen LogP contribution >= 0.6 is 0 Å². The van der Waals surface area contributed by atoms with Crippen molar-refractivity contribution in [1.82, 2.24) is 4.90 Å². The highest BCUT2D eigenvalue weighted by Gasteiger charge is 2.26. The predicted octanol–water partition coefficient (Wildman–Crippen LogP) is 1.64. The molecule has 1 aliphatic rings. The average Bonchev–Trinajstić information content (AvgIpc) is 2.38. The van der Waals surface area contributed by atoms with Gasteiger partial charge in [0, 0.05) is 6.54 Å². The van der Waals surface area contributed by atoms with Gasteiger partial charge in [-0.1, -0.05) is 13.8 Å². The fraction of sp³-hybridized carbons (Fsp3) is 0.929. The minimum absolute atomic E-state index is 0.0537. The number of piperidine rings is 1. The second kappa shape index (κ2) is 7.10. The molecule has 1 saturated heterocycles. The Kier molecular flexibility index (Phi) is 6.09. The topological polar surface area (TPSA) is 55.6 Å². The number of ether oxygens (including phenoxy) is 1. The highest BCUT2D eigenvalue weighted by atomic mass is 16.5. The fourth-order valence-corrected chi connectivity index (χ4v) is 2.50. The van der Waals surface area contributed by atoms with E-state index in [1.165, 1.54) is 7.11 Å². The van der Waals surface area contributed by atoms with E-state index in [-0.39, 0.29) is 17.3 Å². The van der Waals surface area contributed by atoms with E-state index < -0.39 is 0 Å². The van der Waals surface area contributed by atoms with Crippen molar-refractivity contribution >= 4 is 5.97 Å². The summed E-state index contributed by atoms with van der Waals surface area (Å²) < 4.78 is 4.83. The number of nitrogens with two attached hydrogens (primary N) is 1. The second-order valence-corrected chi connectivity index (χ2v) is 6.13. The SMILES string of the molecule is COC(=O)C1CCCN(CCCC(C)(C)CN)C1. The number of likely N-dealkylation sites (tertiary alicyclic amines) is 1. The number of nitrogens with zero attached hydrogens (tertiary/aromatic N) is 1. The first-order valence-corrected chi connectivity index (χ1v) is 6.99. The number of methoxy groups -OCH3 is 1. The van der Waals surface area contributed by atoms with E-state index in [2.05, 4.69) is 18.7 Å². The van der Waals surface area contributed by atoms with Gasteiger partial charge in [-0.25, -0.2) is 0 Å². The van der Waals surface area contributed by atoms with Crippen molar-refractivity contribution in [3.63, 3.8) is 0 Å². The highest BCUT2D eigenvalue weighted by molar-refractivity contribution is 5.72. The standard InChI is InChI=1S/C14H28N2O2/c1-14(2,11-15)7-5-9-16-8-4-6-12(10-16)13(17)18-3/h12H,4-11,15H2,1-3H3. The number of hydrogen-bond acceptors (Lipinski definition) is 4. The Morgan fingerprint density at radius 3 is 2.83 bits per heavy atom. The van der Waals surface area contributed by atoms with Crippen LogP contribution in [0.1, 0.15) is 39.5 Å². The molecule has 106 valence electrons. The zero-order valence-corrected chi connectivity index (χ0v) is 12.1. The van der Waals surface area contributed by atoms with Crippen LogP contribution in [0.25, 0.3) is 0 Å². The number of rotatable bonds is 6. The molecule has 1 unspecified atom stereocenters. The number of carbonyl (C=O) groups excluding carboxylic acids is 1. The quantitative estimate of drug-likeness (QED) is 0.734. The molecule has 1 atom stereocenters. The maximum atomic E-state index is 11.5. The minimum atomic E-state index is -0.0537. The predicted molar refractivity (Wildman–Crippen MR) is 73.2 cm³/mol. The molecule has 0 spiro atoms. The van der Waals surface area contributed by atoms with E-state index in [4.69, 9.17) is 10.5 Å². The smallest absolute Gasteiger partial charge is 0.309 e. The molecule has 1 heterocycles. The molecule has 0 amide bonds. The molecule has 1 aliphatic heterocycles. The molecule has 4 heteroatoms. The summed E-state index contributed by atoms with van der Waals surface area (Å²) in [6, 6.07) is 0. The van der Waals surface area contributed by atoms with Crippen molar-refractivity contribution in [2.45, 2.75) is 39.5 Å². The molecule has 0 aromatic carbocycles. The first-order chi connectivity index (χ1) is 8.48. The number of hydrogen-bond donors (Lipinski definition) is 1. The molecule has 0 aromatic heterocycles. The summed E-state index contributed by atoms with van der Waals surface area (Å²) in [6.07, 6.45) is 4.36. The normalized spacial score (nSPS) is 21.9. The first-order valence-electron chi connectivity index (χ1n) is 6.99. The molecule has 0 bridgehead atoms. The molecule has 18 heavy (non-hydrogen) atoms. The van der Waals surface area contributed by atoms with Gasteiger partial charge in [0.1, 0.15) is 0 Å². The van der Waals surface area contributed by atoms with Crippen LogP contribution < -0.4 is 5.73 Å². The highest BCUT2D eigenvalue weighted by Crippen LogP contribution is 2.22. The van der Waals surface area contributed by atoms with E-state index in [1.54, 1.807) is 0 Å². The van der Waals surface area contributed by atoms with Crippen LogP contribution in [0, 0.1) is 11.3 Å². The third-order valence-electron chi connectivity index (χ3n) is 3.92. The summed E-state index contributed by atoms with van der Waals surface area (Å²) in [6.45, 7) is 8.18. The molecule has 0 saturated carbocycles. The summed E-state index contributed by atoms with van der Waals surface area (Å²) in [7, 11) is 1.48. The molecule has 0 radical (unpaired) electrons. The van der Waals surface area contributed by atoms with Crippen LogP contribution in [-0.4, -0.2) is 44.2 Å². The monoisotopic (exact) mass is 256 g/mol. The summed E-state index contributed by atoms with van der Waals surface area (Å²) in [5.41, 5.74) is 5.96. The molecular formula is C14H28N2O2. The molecule has 1 fully saturated rings. The maximum absolute atomic E-state index is 11.5. The van der Waals surface area contributed by atoms with Gasteiger partial charge < -0.3 is 15.4 Å². The van der Waals surface area contributed by atoms with Gasteiger partial charge in [0.05, 0.1) is 13.0 Å². The lowest BCUT2D eigenvalue weighted by Gasteiger charge is -2.32. The van der Waals surface area contributed by atoms with Crippen molar-refractivity contribution in [1.29, 1.82) is 0 Å². The summed E-state index contributed by atoms with van der Waals surface area (Å²) in [5, 5.41) is 0. The zero-order valence-electron chi connectivity index (χ0n) is 12.1. The molecule has 2 N–H and O–H groups in total. The van der Waals surface area contributed by atoms with Gasteiger partial charge in [-0.05, 0) is 50.7 Å². The van der Waals surface area contributed by atoms with Gasteiger partial charge in [-0.15, -0.1) is 0 Å². The Balaban J connectivity index is 2.28. The molecule has 4 nitrogen and oxygen atoms in total. The van der Waals surface area contributed by atoms with Crippen molar-refractivity contribution < 1.29 is 9.53 Å². The minimum Gasteiger partial charge on any atom is -0.469 e. The van der Waals surface area contributed by atoms with Gasteiger partial charge in [0.25, 0.3) is 0 Å². The van der Waals surface area contributed by atoms with Gasteiger partial charge >= 0.3 is 5.97 Å². The van der Waals surface area contributed by atoms with Crippen LogP contribution in [-0.2, 0) is 9.53 Å². The van der Waals surface area contributed by atoms with Crippen LogP contribution in [0.15, 0.2) is 0 Å². The van der Waals surface area contributed by atoms with E-state index in [0.29, 0.717) is 0 Å². The molecular weight excluding hydrogens is 228 g/mol. The van der Waals surface area contributed by atoms with Gasteiger partial charge in [0.15, 0.2) is 0 Å². The fourth-order valence-electron chi connectivity index (χ4n) is 2.50. The van der Waals surface area contributed by atoms with Gasteiger partial charge in [0.2, 0.25) is 0 Å². The Bertz CT molecular complexity index is 267. The van der Waals surface area contributed by atoms with E-state index in [0.717, 1.165) is 51.9 Å². The van der Waals surface area contributed by atoms with Crippen molar-refractivity contribution in [2.75, 3.05) is 33.3 Å². The lowest BCUT2D eigenvalue weighted by molar-refractivity contribution is -0.147. The summed E-state index contributed by atoms with van der Waals surface area (Å²) >= 11 is 0. The lowest BCUT2D eigenvalue weighted by Crippen LogP contribution is -2.40. The average molecular weight is 256 g/mol. The Hall–Kier alpha value is -0.610. The first kappa shape index (κ1) is 15.4. The van der Waals surface area contributed by atoms with Crippen molar-refractivity contribution in [3.8, 4) is 0 Å². The van der Waals surface area contributed by atoms with Crippen LogP contribution in [0.3, 0.4) is 0 Å². The Labute approximate surface area is 111 Å². The van der Waals surface area contributed by atoms with Crippen LogP contribution in [0.2, 0.25) is 0 Å². The zero-order chi connectivity index (χ0) is 13.6. The van der Waals surface area contributed by atoms with E-state index in [9.17, 15) is 4.79 Å². The summed E-state index contributed by atoms with van der Waals surface area (Å²) in [4.78, 5) is 13.9. The molecule has 1 rings (SSSR count). The van der Waals surface area contributed by atoms with Gasteiger partial charge in [-0.2, -0.15) is 0 Å². The maximum Gasteiger partial charge on any atom is 0.309 e. The second-order valence-electron chi connectivity index (χ2n) is 6.13. The lowest BCUT2D eigenvalue weighted by atomic mass is 9.88. The Morgan fingerprint density at radius 1 is 1.50 bits per heavy atom. The van der Waals surface area contributed by atoms with Crippen molar-refractivity contribution in [3.05, 3.63) is 0 Å². The summed E-state index contributed by atoms with van der Waals surface area (Å²) in [5.74, 6) is 0.0215. The number of carbonyl (C=O) groups is 1.